The lowest BCUT2D eigenvalue weighted by Crippen LogP contribution is -2.07. The molecule has 82 valence electrons. The highest BCUT2D eigenvalue weighted by atomic mass is 16.2. The zero-order valence-electron chi connectivity index (χ0n) is 9.06. The van der Waals surface area contributed by atoms with Crippen LogP contribution < -0.4 is 0 Å². The molecule has 0 unspecified atom stereocenters. The number of hydrogen-bond donors (Lipinski definition) is 0. The van der Waals surface area contributed by atoms with Gasteiger partial charge in [0.1, 0.15) is 6.33 Å². The number of unbranched alkanes of at least 4 members (excludes halogenated alkanes) is 4. The minimum absolute atomic E-state index is 0.135. The molecule has 0 atom stereocenters. The molecule has 0 saturated carbocycles. The monoisotopic (exact) mass is 206 g/mol. The smallest absolute Gasteiger partial charge is 0.231 e. The molecule has 0 bridgehead atoms. The molecule has 0 fully saturated rings. The van der Waals surface area contributed by atoms with Crippen molar-refractivity contribution in [1.82, 2.24) is 9.55 Å². The molecule has 15 heavy (non-hydrogen) atoms. The van der Waals surface area contributed by atoms with Gasteiger partial charge in [-0.3, -0.25) is 9.36 Å². The summed E-state index contributed by atoms with van der Waals surface area (Å²) in [4.78, 5) is 15.3. The normalized spacial score (nSPS) is 10.1. The first-order valence-corrected chi connectivity index (χ1v) is 5.46. The highest BCUT2D eigenvalue weighted by Gasteiger charge is 2.02. The van der Waals surface area contributed by atoms with Crippen LogP contribution in [0.5, 0.6) is 0 Å². The van der Waals surface area contributed by atoms with Crippen molar-refractivity contribution in [3.05, 3.63) is 31.4 Å². The minimum Gasteiger partial charge on any atom is -0.276 e. The van der Waals surface area contributed by atoms with Crippen molar-refractivity contribution in [3.8, 4) is 0 Å². The maximum Gasteiger partial charge on any atom is 0.231 e. The molecule has 0 aliphatic carbocycles. The van der Waals surface area contributed by atoms with Crippen molar-refractivity contribution < 1.29 is 4.79 Å². The Morgan fingerprint density at radius 2 is 2.13 bits per heavy atom. The first-order chi connectivity index (χ1) is 7.34. The highest BCUT2D eigenvalue weighted by molar-refractivity contribution is 5.78. The second kappa shape index (κ2) is 6.98. The summed E-state index contributed by atoms with van der Waals surface area (Å²) in [7, 11) is 0. The van der Waals surface area contributed by atoms with E-state index in [0.29, 0.717) is 6.42 Å². The average Bonchev–Trinajstić information content (AvgIpc) is 2.76. The van der Waals surface area contributed by atoms with E-state index in [0.717, 1.165) is 19.3 Å². The van der Waals surface area contributed by atoms with Crippen molar-refractivity contribution >= 4 is 5.91 Å². The van der Waals surface area contributed by atoms with E-state index in [1.807, 2.05) is 6.08 Å². The molecule has 0 aliphatic heterocycles. The van der Waals surface area contributed by atoms with Crippen LogP contribution in [0.4, 0.5) is 0 Å². The molecule has 3 nitrogen and oxygen atoms in total. The minimum atomic E-state index is 0.135. The molecule has 0 saturated heterocycles. The molecule has 0 radical (unpaired) electrons. The van der Waals surface area contributed by atoms with Gasteiger partial charge in [0.25, 0.3) is 0 Å². The largest absolute Gasteiger partial charge is 0.276 e. The Morgan fingerprint density at radius 1 is 1.33 bits per heavy atom. The SMILES string of the molecule is C=CCCCCCCC(=O)n1ccnc1. The summed E-state index contributed by atoms with van der Waals surface area (Å²) in [5, 5.41) is 0. The van der Waals surface area contributed by atoms with E-state index in [4.69, 9.17) is 0 Å². The summed E-state index contributed by atoms with van der Waals surface area (Å²) in [5.41, 5.74) is 0. The van der Waals surface area contributed by atoms with E-state index in [9.17, 15) is 4.79 Å². The fourth-order valence-electron chi connectivity index (χ4n) is 1.45. The van der Waals surface area contributed by atoms with E-state index in [-0.39, 0.29) is 5.91 Å². The first kappa shape index (κ1) is 11.7. The van der Waals surface area contributed by atoms with Gasteiger partial charge >= 0.3 is 0 Å². The van der Waals surface area contributed by atoms with Crippen LogP contribution in [0.15, 0.2) is 31.4 Å². The van der Waals surface area contributed by atoms with Crippen molar-refractivity contribution in [2.24, 2.45) is 0 Å². The predicted octanol–water partition coefficient (Wildman–Crippen LogP) is 3.05. The van der Waals surface area contributed by atoms with Gasteiger partial charge in [0, 0.05) is 18.8 Å². The van der Waals surface area contributed by atoms with Crippen LogP contribution in [0.25, 0.3) is 0 Å². The first-order valence-electron chi connectivity index (χ1n) is 5.46. The van der Waals surface area contributed by atoms with Crippen molar-refractivity contribution in [3.63, 3.8) is 0 Å². The van der Waals surface area contributed by atoms with Crippen molar-refractivity contribution in [1.29, 1.82) is 0 Å². The summed E-state index contributed by atoms with van der Waals surface area (Å²) in [6, 6.07) is 0. The summed E-state index contributed by atoms with van der Waals surface area (Å²) in [6.45, 7) is 3.68. The van der Waals surface area contributed by atoms with Crippen LogP contribution in [0.3, 0.4) is 0 Å². The van der Waals surface area contributed by atoms with Crippen LogP contribution in [-0.4, -0.2) is 15.5 Å². The molecule has 1 heterocycles. The Hall–Kier alpha value is -1.38. The van der Waals surface area contributed by atoms with Crippen LogP contribution in [-0.2, 0) is 0 Å². The van der Waals surface area contributed by atoms with Crippen LogP contribution >= 0.6 is 0 Å². The molecule has 0 amide bonds. The Labute approximate surface area is 90.8 Å². The third-order valence-electron chi connectivity index (χ3n) is 2.34. The molecule has 0 aliphatic rings. The lowest BCUT2D eigenvalue weighted by Gasteiger charge is -2.00. The fraction of sp³-hybridized carbons (Fsp3) is 0.500. The van der Waals surface area contributed by atoms with Gasteiger partial charge in [-0.2, -0.15) is 0 Å². The molecule has 0 N–H and O–H groups in total. The third kappa shape index (κ3) is 4.58. The van der Waals surface area contributed by atoms with E-state index in [2.05, 4.69) is 11.6 Å². The summed E-state index contributed by atoms with van der Waals surface area (Å²) < 4.78 is 1.55. The summed E-state index contributed by atoms with van der Waals surface area (Å²) in [6.07, 6.45) is 13.0. The van der Waals surface area contributed by atoms with Gasteiger partial charge in [-0.05, 0) is 19.3 Å². The van der Waals surface area contributed by atoms with Crippen LogP contribution in [0, 0.1) is 0 Å². The van der Waals surface area contributed by atoms with E-state index >= 15 is 0 Å². The predicted molar refractivity (Wildman–Crippen MR) is 60.8 cm³/mol. The van der Waals surface area contributed by atoms with Gasteiger partial charge in [0.05, 0.1) is 0 Å². The zero-order valence-corrected chi connectivity index (χ0v) is 9.06. The number of nitrogens with zero attached hydrogens (tertiary/aromatic N) is 2. The van der Waals surface area contributed by atoms with Gasteiger partial charge in [-0.15, -0.1) is 6.58 Å². The second-order valence-corrected chi connectivity index (χ2v) is 3.61. The van der Waals surface area contributed by atoms with Crippen LogP contribution in [0.2, 0.25) is 0 Å². The van der Waals surface area contributed by atoms with E-state index in [1.54, 1.807) is 23.3 Å². The number of aromatic nitrogens is 2. The molecule has 0 aromatic carbocycles. The molecule has 1 aromatic heterocycles. The Bertz CT molecular complexity index is 291. The van der Waals surface area contributed by atoms with Crippen molar-refractivity contribution in [2.75, 3.05) is 0 Å². The van der Waals surface area contributed by atoms with Gasteiger partial charge in [-0.25, -0.2) is 4.98 Å². The van der Waals surface area contributed by atoms with Crippen molar-refractivity contribution in [2.45, 2.75) is 38.5 Å². The van der Waals surface area contributed by atoms with Gasteiger partial charge in [0.2, 0.25) is 5.91 Å². The second-order valence-electron chi connectivity index (χ2n) is 3.61. The van der Waals surface area contributed by atoms with Crippen LogP contribution in [0.1, 0.15) is 43.3 Å². The number of allylic oxidation sites excluding steroid dienone is 1. The summed E-state index contributed by atoms with van der Waals surface area (Å²) >= 11 is 0. The standard InChI is InChI=1S/C12H18N2O/c1-2-3-4-5-6-7-8-12(15)14-10-9-13-11-14/h2,9-11H,1,3-8H2. The molecule has 3 heteroatoms. The van der Waals surface area contributed by atoms with Gasteiger partial charge in [-0.1, -0.05) is 18.9 Å². The van der Waals surface area contributed by atoms with Gasteiger partial charge in [0.15, 0.2) is 0 Å². The summed E-state index contributed by atoms with van der Waals surface area (Å²) in [5.74, 6) is 0.135. The zero-order chi connectivity index (χ0) is 10.9. The third-order valence-corrected chi connectivity index (χ3v) is 2.34. The Morgan fingerprint density at radius 3 is 2.80 bits per heavy atom. The Balaban J connectivity index is 2.05. The lowest BCUT2D eigenvalue weighted by molar-refractivity contribution is 0.0899. The lowest BCUT2D eigenvalue weighted by atomic mass is 10.1. The quantitative estimate of drug-likeness (QED) is 0.507. The fourth-order valence-corrected chi connectivity index (χ4v) is 1.45. The number of carbonyl (C=O) groups is 1. The molecule has 0 spiro atoms. The molecular formula is C12H18N2O. The van der Waals surface area contributed by atoms with E-state index in [1.165, 1.54) is 12.8 Å². The molecule has 1 rings (SSSR count). The maximum atomic E-state index is 11.5. The van der Waals surface area contributed by atoms with E-state index < -0.39 is 0 Å². The molecule has 1 aromatic rings. The average molecular weight is 206 g/mol. The highest BCUT2D eigenvalue weighted by Crippen LogP contribution is 2.06. The number of rotatable bonds is 7. The Kier molecular flexibility index (Phi) is 5.44. The number of imidazole rings is 1. The topological polar surface area (TPSA) is 34.9 Å². The number of hydrogen-bond acceptors (Lipinski definition) is 2. The maximum absolute atomic E-state index is 11.5. The number of carbonyl (C=O) groups excluding carboxylic acids is 1. The van der Waals surface area contributed by atoms with Gasteiger partial charge < -0.3 is 0 Å². The molecular weight excluding hydrogens is 188 g/mol.